The number of carbonyl (C=O) groups is 1. The average Bonchev–Trinajstić information content (AvgIpc) is 2.95. The Bertz CT molecular complexity index is 595. The second kappa shape index (κ2) is 7.17. The highest BCUT2D eigenvalue weighted by atomic mass is 32.2. The molecule has 0 unspecified atom stereocenters. The second-order valence-electron chi connectivity index (χ2n) is 4.51. The predicted octanol–water partition coefficient (Wildman–Crippen LogP) is 3.03. The van der Waals surface area contributed by atoms with Gasteiger partial charge in [0, 0.05) is 17.6 Å². The van der Waals surface area contributed by atoms with Gasteiger partial charge in [0.15, 0.2) is 6.10 Å². The molecule has 0 aliphatic carbocycles. The number of carbonyl (C=O) groups excluding carboxylic acids is 1. The fraction of sp³-hybridized carbons (Fsp3) is 0.333. The molecule has 0 spiro atoms. The van der Waals surface area contributed by atoms with E-state index in [1.807, 2.05) is 37.4 Å². The van der Waals surface area contributed by atoms with Gasteiger partial charge in [-0.05, 0) is 44.4 Å². The van der Waals surface area contributed by atoms with Crippen molar-refractivity contribution in [3.8, 4) is 5.75 Å². The largest absolute Gasteiger partial charge is 0.481 e. The van der Waals surface area contributed by atoms with Crippen LogP contribution in [0.5, 0.6) is 5.75 Å². The summed E-state index contributed by atoms with van der Waals surface area (Å²) in [5.74, 6) is 0.485. The third-order valence-electron chi connectivity index (χ3n) is 2.97. The van der Waals surface area contributed by atoms with Crippen molar-refractivity contribution in [2.75, 3.05) is 11.6 Å². The molecule has 1 heterocycles. The topological polar surface area (TPSA) is 56.2 Å². The van der Waals surface area contributed by atoms with Crippen molar-refractivity contribution in [2.45, 2.75) is 31.4 Å². The molecule has 21 heavy (non-hydrogen) atoms. The molecule has 0 saturated heterocycles. The lowest BCUT2D eigenvalue weighted by atomic mass is 10.3. The number of rotatable bonds is 6. The molecule has 2 rings (SSSR count). The maximum atomic E-state index is 12.1. The van der Waals surface area contributed by atoms with Crippen molar-refractivity contribution >= 4 is 23.4 Å². The minimum Gasteiger partial charge on any atom is -0.481 e. The molecular formula is C15H19N3O2S. The molecule has 0 saturated carbocycles. The first-order valence-corrected chi connectivity index (χ1v) is 7.99. The highest BCUT2D eigenvalue weighted by molar-refractivity contribution is 7.98. The van der Waals surface area contributed by atoms with Gasteiger partial charge in [0.1, 0.15) is 5.75 Å². The number of hydrogen-bond donors (Lipinski definition) is 1. The van der Waals surface area contributed by atoms with Gasteiger partial charge >= 0.3 is 0 Å². The maximum Gasteiger partial charge on any atom is 0.265 e. The second-order valence-corrected chi connectivity index (χ2v) is 5.39. The number of aromatic nitrogens is 2. The Kier molecular flexibility index (Phi) is 5.27. The van der Waals surface area contributed by atoms with E-state index in [9.17, 15) is 4.79 Å². The Labute approximate surface area is 128 Å². The first-order chi connectivity index (χ1) is 10.1. The van der Waals surface area contributed by atoms with E-state index in [0.29, 0.717) is 11.4 Å². The third-order valence-corrected chi connectivity index (χ3v) is 3.71. The van der Waals surface area contributed by atoms with Crippen LogP contribution in [0.15, 0.2) is 41.6 Å². The minimum absolute atomic E-state index is 0.195. The van der Waals surface area contributed by atoms with Gasteiger partial charge in [0.25, 0.3) is 5.91 Å². The van der Waals surface area contributed by atoms with Crippen LogP contribution >= 0.6 is 11.8 Å². The van der Waals surface area contributed by atoms with Gasteiger partial charge in [-0.25, -0.2) is 0 Å². The summed E-state index contributed by atoms with van der Waals surface area (Å²) in [6, 6.07) is 7.67. The van der Waals surface area contributed by atoms with E-state index in [0.717, 1.165) is 11.4 Å². The number of amides is 1. The van der Waals surface area contributed by atoms with Crippen molar-refractivity contribution < 1.29 is 9.53 Å². The lowest BCUT2D eigenvalue weighted by Crippen LogP contribution is -2.30. The van der Waals surface area contributed by atoms with Gasteiger partial charge in [0.2, 0.25) is 0 Å². The molecule has 5 nitrogen and oxygen atoms in total. The Hall–Kier alpha value is -1.95. The minimum atomic E-state index is -0.574. The van der Waals surface area contributed by atoms with E-state index >= 15 is 0 Å². The van der Waals surface area contributed by atoms with E-state index in [4.69, 9.17) is 4.74 Å². The third kappa shape index (κ3) is 4.26. The predicted molar refractivity (Wildman–Crippen MR) is 84.8 cm³/mol. The van der Waals surface area contributed by atoms with Crippen LogP contribution in [-0.2, 0) is 11.3 Å². The van der Waals surface area contributed by atoms with Crippen molar-refractivity contribution in [1.29, 1.82) is 0 Å². The van der Waals surface area contributed by atoms with Crippen LogP contribution in [0.3, 0.4) is 0 Å². The van der Waals surface area contributed by atoms with Gasteiger partial charge in [-0.1, -0.05) is 0 Å². The molecule has 112 valence electrons. The van der Waals surface area contributed by atoms with Crippen LogP contribution in [0, 0.1) is 0 Å². The molecular weight excluding hydrogens is 286 g/mol. The molecule has 1 amide bonds. The van der Waals surface area contributed by atoms with Gasteiger partial charge in [-0.2, -0.15) is 5.10 Å². The van der Waals surface area contributed by atoms with Crippen LogP contribution in [0.1, 0.15) is 13.8 Å². The van der Waals surface area contributed by atoms with E-state index in [-0.39, 0.29) is 5.91 Å². The zero-order valence-electron chi connectivity index (χ0n) is 12.4. The number of anilines is 1. The maximum absolute atomic E-state index is 12.1. The number of nitrogens with zero attached hydrogens (tertiary/aromatic N) is 2. The summed E-state index contributed by atoms with van der Waals surface area (Å²) in [7, 11) is 0. The summed E-state index contributed by atoms with van der Waals surface area (Å²) in [6.45, 7) is 4.48. The van der Waals surface area contributed by atoms with Crippen molar-refractivity contribution in [1.82, 2.24) is 9.78 Å². The summed E-state index contributed by atoms with van der Waals surface area (Å²) in [5, 5.41) is 6.90. The normalized spacial score (nSPS) is 12.0. The molecule has 1 atom stereocenters. The number of hydrogen-bond acceptors (Lipinski definition) is 4. The Morgan fingerprint density at radius 1 is 1.43 bits per heavy atom. The first-order valence-electron chi connectivity index (χ1n) is 6.76. The summed E-state index contributed by atoms with van der Waals surface area (Å²) >= 11 is 1.66. The van der Waals surface area contributed by atoms with Crippen LogP contribution < -0.4 is 10.1 Å². The fourth-order valence-corrected chi connectivity index (χ4v) is 2.17. The Morgan fingerprint density at radius 2 is 2.14 bits per heavy atom. The molecule has 0 aliphatic rings. The molecule has 2 aromatic rings. The standard InChI is InChI=1S/C15H19N3O2S/c1-4-18-10-12(9-16-18)17-15(19)11(2)20-13-5-7-14(21-3)8-6-13/h5-11H,4H2,1-3H3,(H,17,19)/t11-/m1/s1. The molecule has 0 radical (unpaired) electrons. The van der Waals surface area contributed by atoms with Crippen molar-refractivity contribution in [3.05, 3.63) is 36.7 Å². The zero-order chi connectivity index (χ0) is 15.2. The SMILES string of the molecule is CCn1cc(NC(=O)[C@@H](C)Oc2ccc(SC)cc2)cn1. The number of thioether (sulfide) groups is 1. The van der Waals surface area contributed by atoms with Crippen LogP contribution in [0.2, 0.25) is 0 Å². The quantitative estimate of drug-likeness (QED) is 0.834. The molecule has 1 N–H and O–H groups in total. The molecule has 1 aromatic carbocycles. The summed E-state index contributed by atoms with van der Waals surface area (Å²) in [6.07, 6.45) is 4.86. The van der Waals surface area contributed by atoms with Gasteiger partial charge < -0.3 is 10.1 Å². The Morgan fingerprint density at radius 3 is 2.71 bits per heavy atom. The number of aryl methyl sites for hydroxylation is 1. The van der Waals surface area contributed by atoms with Crippen molar-refractivity contribution in [3.63, 3.8) is 0 Å². The average molecular weight is 305 g/mol. The van der Waals surface area contributed by atoms with E-state index in [1.165, 1.54) is 0 Å². The molecule has 0 fully saturated rings. The first kappa shape index (κ1) is 15.4. The lowest BCUT2D eigenvalue weighted by Gasteiger charge is -2.14. The molecule has 0 aliphatic heterocycles. The summed E-state index contributed by atoms with van der Waals surface area (Å²) in [4.78, 5) is 13.2. The van der Waals surface area contributed by atoms with Gasteiger partial charge in [0.05, 0.1) is 11.9 Å². The number of ether oxygens (including phenoxy) is 1. The zero-order valence-corrected chi connectivity index (χ0v) is 13.2. The summed E-state index contributed by atoms with van der Waals surface area (Å²) < 4.78 is 7.38. The summed E-state index contributed by atoms with van der Waals surface area (Å²) in [5.41, 5.74) is 0.676. The lowest BCUT2D eigenvalue weighted by molar-refractivity contribution is -0.122. The number of nitrogens with one attached hydrogen (secondary N) is 1. The number of benzene rings is 1. The molecule has 0 bridgehead atoms. The van der Waals surface area contributed by atoms with Crippen molar-refractivity contribution in [2.24, 2.45) is 0 Å². The Balaban J connectivity index is 1.92. The smallest absolute Gasteiger partial charge is 0.265 e. The van der Waals surface area contributed by atoms with E-state index in [1.54, 1.807) is 35.8 Å². The van der Waals surface area contributed by atoms with Gasteiger partial charge in [-0.3, -0.25) is 9.48 Å². The van der Waals surface area contributed by atoms with Crippen LogP contribution in [-0.4, -0.2) is 28.0 Å². The van der Waals surface area contributed by atoms with Crippen LogP contribution in [0.4, 0.5) is 5.69 Å². The molecule has 1 aromatic heterocycles. The van der Waals surface area contributed by atoms with Gasteiger partial charge in [-0.15, -0.1) is 11.8 Å². The monoisotopic (exact) mass is 305 g/mol. The highest BCUT2D eigenvalue weighted by Gasteiger charge is 2.15. The van der Waals surface area contributed by atoms with E-state index in [2.05, 4.69) is 10.4 Å². The fourth-order valence-electron chi connectivity index (χ4n) is 1.76. The highest BCUT2D eigenvalue weighted by Crippen LogP contribution is 2.20. The van der Waals surface area contributed by atoms with Crippen LogP contribution in [0.25, 0.3) is 0 Å². The van der Waals surface area contributed by atoms with E-state index < -0.39 is 6.10 Å². The molecule has 6 heteroatoms.